The SMILES string of the molecule is Cc1ccc(NC(=O)Cn2ncc3ccc(N)cc32)c(C)c1. The molecule has 1 heterocycles. The van der Waals surface area contributed by atoms with Gasteiger partial charge in [-0.2, -0.15) is 5.10 Å². The van der Waals surface area contributed by atoms with Gasteiger partial charge in [0.2, 0.25) is 5.91 Å². The van der Waals surface area contributed by atoms with E-state index >= 15 is 0 Å². The lowest BCUT2D eigenvalue weighted by molar-refractivity contribution is -0.116. The van der Waals surface area contributed by atoms with Gasteiger partial charge in [0.25, 0.3) is 0 Å². The van der Waals surface area contributed by atoms with Crippen LogP contribution in [0, 0.1) is 13.8 Å². The first-order valence-electron chi connectivity index (χ1n) is 7.11. The van der Waals surface area contributed by atoms with Crippen LogP contribution in [0.3, 0.4) is 0 Å². The predicted octanol–water partition coefficient (Wildman–Crippen LogP) is 2.87. The monoisotopic (exact) mass is 294 g/mol. The van der Waals surface area contributed by atoms with Crippen LogP contribution in [0.15, 0.2) is 42.6 Å². The van der Waals surface area contributed by atoms with Gasteiger partial charge in [0, 0.05) is 16.8 Å². The molecule has 0 radical (unpaired) electrons. The maximum atomic E-state index is 12.2. The summed E-state index contributed by atoms with van der Waals surface area (Å²) in [6.07, 6.45) is 1.74. The lowest BCUT2D eigenvalue weighted by atomic mass is 10.1. The third-order valence-electron chi connectivity index (χ3n) is 3.62. The lowest BCUT2D eigenvalue weighted by Gasteiger charge is -2.10. The highest BCUT2D eigenvalue weighted by molar-refractivity contribution is 5.92. The molecule has 3 rings (SSSR count). The molecule has 0 spiro atoms. The number of nitrogens with zero attached hydrogens (tertiary/aromatic N) is 2. The van der Waals surface area contributed by atoms with E-state index in [9.17, 15) is 4.79 Å². The number of anilines is 2. The van der Waals surface area contributed by atoms with Crippen molar-refractivity contribution < 1.29 is 4.79 Å². The first kappa shape index (κ1) is 14.1. The van der Waals surface area contributed by atoms with Crippen LogP contribution >= 0.6 is 0 Å². The topological polar surface area (TPSA) is 72.9 Å². The summed E-state index contributed by atoms with van der Waals surface area (Å²) in [7, 11) is 0. The van der Waals surface area contributed by atoms with Gasteiger partial charge in [-0.05, 0) is 43.7 Å². The molecule has 0 aliphatic rings. The quantitative estimate of drug-likeness (QED) is 0.729. The molecule has 1 aromatic heterocycles. The summed E-state index contributed by atoms with van der Waals surface area (Å²) in [5.74, 6) is -0.112. The molecule has 5 heteroatoms. The highest BCUT2D eigenvalue weighted by Gasteiger charge is 2.09. The number of hydrogen-bond acceptors (Lipinski definition) is 3. The largest absolute Gasteiger partial charge is 0.399 e. The third kappa shape index (κ3) is 2.79. The van der Waals surface area contributed by atoms with Gasteiger partial charge in [0.1, 0.15) is 6.54 Å². The number of rotatable bonds is 3. The van der Waals surface area contributed by atoms with Crippen LogP contribution in [-0.4, -0.2) is 15.7 Å². The second kappa shape index (κ2) is 5.52. The first-order valence-corrected chi connectivity index (χ1v) is 7.11. The number of nitrogens with two attached hydrogens (primary N) is 1. The van der Waals surface area contributed by atoms with E-state index in [0.29, 0.717) is 5.69 Å². The molecule has 0 aliphatic heterocycles. The summed E-state index contributed by atoms with van der Waals surface area (Å²) in [4.78, 5) is 12.2. The van der Waals surface area contributed by atoms with E-state index < -0.39 is 0 Å². The molecule has 0 saturated heterocycles. The van der Waals surface area contributed by atoms with E-state index in [1.807, 2.05) is 50.2 Å². The molecule has 3 aromatic rings. The molecule has 22 heavy (non-hydrogen) atoms. The average molecular weight is 294 g/mol. The summed E-state index contributed by atoms with van der Waals surface area (Å²) >= 11 is 0. The summed E-state index contributed by atoms with van der Waals surface area (Å²) in [5, 5.41) is 8.15. The van der Waals surface area contributed by atoms with Gasteiger partial charge in [0.15, 0.2) is 0 Å². The van der Waals surface area contributed by atoms with Crippen molar-refractivity contribution in [3.8, 4) is 0 Å². The Morgan fingerprint density at radius 2 is 2.05 bits per heavy atom. The number of amides is 1. The molecule has 0 aliphatic carbocycles. The van der Waals surface area contributed by atoms with E-state index in [1.165, 1.54) is 5.56 Å². The zero-order valence-electron chi connectivity index (χ0n) is 12.6. The molecular formula is C17H18N4O. The molecule has 0 saturated carbocycles. The Morgan fingerprint density at radius 1 is 1.23 bits per heavy atom. The van der Waals surface area contributed by atoms with Crippen LogP contribution in [0.1, 0.15) is 11.1 Å². The summed E-state index contributed by atoms with van der Waals surface area (Å²) in [5.41, 5.74) is 10.4. The van der Waals surface area contributed by atoms with Crippen LogP contribution in [0.4, 0.5) is 11.4 Å². The van der Waals surface area contributed by atoms with Gasteiger partial charge >= 0.3 is 0 Å². The van der Waals surface area contributed by atoms with Crippen molar-refractivity contribution >= 4 is 28.2 Å². The standard InChI is InChI=1S/C17H18N4O/c1-11-3-6-15(12(2)7-11)20-17(22)10-21-16-8-14(18)5-4-13(16)9-19-21/h3-9H,10,18H2,1-2H3,(H,20,22). The number of aromatic nitrogens is 2. The predicted molar refractivity (Wildman–Crippen MR) is 88.7 cm³/mol. The van der Waals surface area contributed by atoms with Crippen molar-refractivity contribution in [2.75, 3.05) is 11.1 Å². The van der Waals surface area contributed by atoms with E-state index in [1.54, 1.807) is 10.9 Å². The average Bonchev–Trinajstić information content (AvgIpc) is 2.84. The normalized spacial score (nSPS) is 10.8. The number of fused-ring (bicyclic) bond motifs is 1. The van der Waals surface area contributed by atoms with Gasteiger partial charge < -0.3 is 11.1 Å². The summed E-state index contributed by atoms with van der Waals surface area (Å²) in [6, 6.07) is 11.5. The van der Waals surface area contributed by atoms with Crippen LogP contribution in [0.2, 0.25) is 0 Å². The molecule has 0 atom stereocenters. The van der Waals surface area contributed by atoms with Gasteiger partial charge in [-0.15, -0.1) is 0 Å². The Kier molecular flexibility index (Phi) is 3.55. The molecule has 2 aromatic carbocycles. The Bertz CT molecular complexity index is 851. The molecule has 3 N–H and O–H groups in total. The van der Waals surface area contributed by atoms with Crippen LogP contribution in [0.5, 0.6) is 0 Å². The van der Waals surface area contributed by atoms with E-state index in [0.717, 1.165) is 22.2 Å². The van der Waals surface area contributed by atoms with Crippen molar-refractivity contribution in [2.24, 2.45) is 0 Å². The Morgan fingerprint density at radius 3 is 2.82 bits per heavy atom. The van der Waals surface area contributed by atoms with Crippen molar-refractivity contribution in [3.63, 3.8) is 0 Å². The second-order valence-electron chi connectivity index (χ2n) is 5.49. The minimum atomic E-state index is -0.112. The zero-order chi connectivity index (χ0) is 15.7. The lowest BCUT2D eigenvalue weighted by Crippen LogP contribution is -2.20. The smallest absolute Gasteiger partial charge is 0.246 e. The second-order valence-corrected chi connectivity index (χ2v) is 5.49. The number of carbonyl (C=O) groups is 1. The minimum Gasteiger partial charge on any atom is -0.399 e. The Labute approximate surface area is 128 Å². The molecule has 1 amide bonds. The van der Waals surface area contributed by atoms with Crippen molar-refractivity contribution in [2.45, 2.75) is 20.4 Å². The number of carbonyl (C=O) groups excluding carboxylic acids is 1. The zero-order valence-corrected chi connectivity index (χ0v) is 12.6. The molecule has 5 nitrogen and oxygen atoms in total. The fraction of sp³-hybridized carbons (Fsp3) is 0.176. The third-order valence-corrected chi connectivity index (χ3v) is 3.62. The Hall–Kier alpha value is -2.82. The Balaban J connectivity index is 1.79. The van der Waals surface area contributed by atoms with Crippen molar-refractivity contribution in [3.05, 3.63) is 53.7 Å². The molecule has 0 fully saturated rings. The highest BCUT2D eigenvalue weighted by atomic mass is 16.2. The van der Waals surface area contributed by atoms with Crippen LogP contribution in [0.25, 0.3) is 10.9 Å². The van der Waals surface area contributed by atoms with Gasteiger partial charge in [-0.3, -0.25) is 9.48 Å². The van der Waals surface area contributed by atoms with E-state index in [-0.39, 0.29) is 12.5 Å². The van der Waals surface area contributed by atoms with Crippen LogP contribution < -0.4 is 11.1 Å². The number of nitrogens with one attached hydrogen (secondary N) is 1. The van der Waals surface area contributed by atoms with Crippen molar-refractivity contribution in [1.82, 2.24) is 9.78 Å². The fourth-order valence-electron chi connectivity index (χ4n) is 2.49. The number of hydrogen-bond donors (Lipinski definition) is 2. The molecular weight excluding hydrogens is 276 g/mol. The van der Waals surface area contributed by atoms with Crippen LogP contribution in [-0.2, 0) is 11.3 Å². The number of benzene rings is 2. The summed E-state index contributed by atoms with van der Waals surface area (Å²) in [6.45, 7) is 4.16. The first-order chi connectivity index (χ1) is 10.5. The van der Waals surface area contributed by atoms with Gasteiger partial charge in [-0.1, -0.05) is 17.7 Å². The van der Waals surface area contributed by atoms with Gasteiger partial charge in [0.05, 0.1) is 11.7 Å². The van der Waals surface area contributed by atoms with Gasteiger partial charge in [-0.25, -0.2) is 0 Å². The molecule has 0 unspecified atom stereocenters. The molecule has 0 bridgehead atoms. The number of nitrogen functional groups attached to an aromatic ring is 1. The highest BCUT2D eigenvalue weighted by Crippen LogP contribution is 2.18. The van der Waals surface area contributed by atoms with Crippen molar-refractivity contribution in [1.29, 1.82) is 0 Å². The maximum absolute atomic E-state index is 12.2. The van der Waals surface area contributed by atoms with E-state index in [2.05, 4.69) is 10.4 Å². The summed E-state index contributed by atoms with van der Waals surface area (Å²) < 4.78 is 1.66. The number of aryl methyl sites for hydroxylation is 2. The maximum Gasteiger partial charge on any atom is 0.246 e. The molecule has 112 valence electrons. The minimum absolute atomic E-state index is 0.112. The van der Waals surface area contributed by atoms with E-state index in [4.69, 9.17) is 5.73 Å². The fourth-order valence-corrected chi connectivity index (χ4v) is 2.49.